The number of aryl methyl sites for hydroxylation is 1. The predicted molar refractivity (Wildman–Crippen MR) is 91.5 cm³/mol. The number of benzene rings is 2. The van der Waals surface area contributed by atoms with E-state index in [9.17, 15) is 0 Å². The van der Waals surface area contributed by atoms with Crippen LogP contribution in [0.25, 0.3) is 0 Å². The lowest BCUT2D eigenvalue weighted by Crippen LogP contribution is -2.26. The van der Waals surface area contributed by atoms with Crippen LogP contribution in [0.15, 0.2) is 36.4 Å². The van der Waals surface area contributed by atoms with Gasteiger partial charge in [0.05, 0.1) is 5.69 Å². The van der Waals surface area contributed by atoms with Gasteiger partial charge in [-0.15, -0.1) is 0 Å². The van der Waals surface area contributed by atoms with Crippen molar-refractivity contribution in [3.63, 3.8) is 0 Å². The molecule has 116 valence electrons. The largest absolute Gasteiger partial charge is 0.488 e. The molecular formula is C18H21ClN2O. The second-order valence-corrected chi connectivity index (χ2v) is 6.36. The molecule has 0 amide bonds. The van der Waals surface area contributed by atoms with Crippen LogP contribution in [0.5, 0.6) is 5.75 Å². The maximum absolute atomic E-state index is 6.32. The van der Waals surface area contributed by atoms with E-state index in [1.54, 1.807) is 12.1 Å². The Kier molecular flexibility index (Phi) is 4.27. The Labute approximate surface area is 136 Å². The second-order valence-electron chi connectivity index (χ2n) is 5.95. The fraction of sp³-hybridized carbons (Fsp3) is 0.333. The molecule has 0 bridgehead atoms. The first-order chi connectivity index (χ1) is 10.6. The van der Waals surface area contributed by atoms with Crippen LogP contribution in [0.1, 0.15) is 35.4 Å². The maximum atomic E-state index is 6.32. The summed E-state index contributed by atoms with van der Waals surface area (Å²) < 4.78 is 6.08. The SMILES string of the molecule is Cc1ccc(OCc2c(Cl)cccc2N(C)N)c(C2CC2)c1. The number of nitrogens with two attached hydrogens (primary N) is 1. The second kappa shape index (κ2) is 6.19. The molecule has 2 aromatic carbocycles. The molecule has 3 nitrogen and oxygen atoms in total. The van der Waals surface area contributed by atoms with Crippen molar-refractivity contribution >= 4 is 17.3 Å². The molecule has 0 heterocycles. The minimum absolute atomic E-state index is 0.416. The van der Waals surface area contributed by atoms with Crippen LogP contribution in [0, 0.1) is 6.92 Å². The van der Waals surface area contributed by atoms with Crippen LogP contribution in [0.3, 0.4) is 0 Å². The van der Waals surface area contributed by atoms with Crippen molar-refractivity contribution in [1.82, 2.24) is 0 Å². The van der Waals surface area contributed by atoms with Gasteiger partial charge >= 0.3 is 0 Å². The first-order valence-electron chi connectivity index (χ1n) is 7.55. The summed E-state index contributed by atoms with van der Waals surface area (Å²) in [7, 11) is 1.80. The number of hydrazine groups is 1. The van der Waals surface area contributed by atoms with Gasteiger partial charge in [-0.1, -0.05) is 35.4 Å². The number of rotatable bonds is 5. The molecule has 4 heteroatoms. The van der Waals surface area contributed by atoms with Gasteiger partial charge < -0.3 is 9.75 Å². The first-order valence-corrected chi connectivity index (χ1v) is 7.93. The van der Waals surface area contributed by atoms with E-state index < -0.39 is 0 Å². The first kappa shape index (κ1) is 15.2. The molecule has 1 aliphatic carbocycles. The minimum atomic E-state index is 0.416. The van der Waals surface area contributed by atoms with E-state index in [-0.39, 0.29) is 0 Å². The van der Waals surface area contributed by atoms with Gasteiger partial charge in [0, 0.05) is 17.6 Å². The summed E-state index contributed by atoms with van der Waals surface area (Å²) in [5, 5.41) is 2.25. The number of ether oxygens (including phenoxy) is 1. The quantitative estimate of drug-likeness (QED) is 0.655. The summed E-state index contributed by atoms with van der Waals surface area (Å²) >= 11 is 6.32. The zero-order chi connectivity index (χ0) is 15.7. The van der Waals surface area contributed by atoms with Gasteiger partial charge in [0.2, 0.25) is 0 Å². The van der Waals surface area contributed by atoms with Gasteiger partial charge in [0.15, 0.2) is 0 Å². The molecule has 0 aliphatic heterocycles. The van der Waals surface area contributed by atoms with Crippen LogP contribution < -0.4 is 15.6 Å². The summed E-state index contributed by atoms with van der Waals surface area (Å²) in [5.41, 5.74) is 4.38. The van der Waals surface area contributed by atoms with Crippen molar-refractivity contribution in [2.24, 2.45) is 5.84 Å². The van der Waals surface area contributed by atoms with Crippen molar-refractivity contribution in [3.8, 4) is 5.75 Å². The van der Waals surface area contributed by atoms with Crippen LogP contribution in [0.4, 0.5) is 5.69 Å². The van der Waals surface area contributed by atoms with Gasteiger partial charge in [-0.25, -0.2) is 5.84 Å². The van der Waals surface area contributed by atoms with Crippen molar-refractivity contribution in [1.29, 1.82) is 0 Å². The summed E-state index contributed by atoms with van der Waals surface area (Å²) in [4.78, 5) is 0. The molecule has 22 heavy (non-hydrogen) atoms. The van der Waals surface area contributed by atoms with Crippen molar-refractivity contribution in [2.45, 2.75) is 32.3 Å². The molecule has 0 radical (unpaired) electrons. The fourth-order valence-electron chi connectivity index (χ4n) is 2.68. The van der Waals surface area contributed by atoms with Gasteiger partial charge in [0.1, 0.15) is 12.4 Å². The summed E-state index contributed by atoms with van der Waals surface area (Å²) in [6.07, 6.45) is 2.51. The van der Waals surface area contributed by atoms with E-state index in [1.807, 2.05) is 18.2 Å². The van der Waals surface area contributed by atoms with Crippen molar-refractivity contribution < 1.29 is 4.74 Å². The molecule has 0 spiro atoms. The Morgan fingerprint density at radius 2 is 2.05 bits per heavy atom. The Bertz CT molecular complexity index is 681. The van der Waals surface area contributed by atoms with Crippen LogP contribution in [-0.4, -0.2) is 7.05 Å². The van der Waals surface area contributed by atoms with E-state index in [1.165, 1.54) is 24.0 Å². The van der Waals surface area contributed by atoms with Gasteiger partial charge in [-0.05, 0) is 49.4 Å². The zero-order valence-electron chi connectivity index (χ0n) is 13.0. The Balaban J connectivity index is 1.84. The Morgan fingerprint density at radius 1 is 1.27 bits per heavy atom. The minimum Gasteiger partial charge on any atom is -0.488 e. The Hall–Kier alpha value is -1.71. The summed E-state index contributed by atoms with van der Waals surface area (Å²) in [5.74, 6) is 7.49. The van der Waals surface area contributed by atoms with Crippen molar-refractivity contribution in [2.75, 3.05) is 12.1 Å². The molecule has 0 aromatic heterocycles. The van der Waals surface area contributed by atoms with Gasteiger partial charge in [-0.3, -0.25) is 0 Å². The number of halogens is 1. The molecule has 1 fully saturated rings. The van der Waals surface area contributed by atoms with Gasteiger partial charge in [0.25, 0.3) is 0 Å². The predicted octanol–water partition coefficient (Wildman–Crippen LogP) is 4.41. The molecule has 2 aromatic rings. The third-order valence-electron chi connectivity index (χ3n) is 4.03. The number of hydrogen-bond acceptors (Lipinski definition) is 3. The van der Waals surface area contributed by atoms with Crippen LogP contribution in [0.2, 0.25) is 5.02 Å². The summed E-state index contributed by atoms with van der Waals surface area (Å²) in [6.45, 7) is 2.53. The van der Waals surface area contributed by atoms with E-state index in [2.05, 4.69) is 25.1 Å². The van der Waals surface area contributed by atoms with E-state index in [0.717, 1.165) is 17.0 Å². The normalized spacial score (nSPS) is 14.0. The standard InChI is InChI=1S/C18H21ClN2O/c1-12-6-9-18(14(10-12)13-7-8-13)22-11-15-16(19)4-3-5-17(15)21(2)20/h3-6,9-10,13H,7-8,11,20H2,1-2H3. The molecule has 0 atom stereocenters. The third-order valence-corrected chi connectivity index (χ3v) is 4.38. The zero-order valence-corrected chi connectivity index (χ0v) is 13.7. The molecule has 1 saturated carbocycles. The monoisotopic (exact) mass is 316 g/mol. The number of nitrogens with zero attached hydrogens (tertiary/aromatic N) is 1. The highest BCUT2D eigenvalue weighted by Crippen LogP contribution is 2.45. The Morgan fingerprint density at radius 3 is 2.73 bits per heavy atom. The van der Waals surface area contributed by atoms with Crippen molar-refractivity contribution in [3.05, 3.63) is 58.1 Å². The average Bonchev–Trinajstić information content (AvgIpc) is 3.31. The fourth-order valence-corrected chi connectivity index (χ4v) is 2.91. The highest BCUT2D eigenvalue weighted by molar-refractivity contribution is 6.31. The molecule has 3 rings (SSSR count). The third kappa shape index (κ3) is 3.21. The highest BCUT2D eigenvalue weighted by atomic mass is 35.5. The summed E-state index contributed by atoms with van der Waals surface area (Å²) in [6, 6.07) is 12.1. The maximum Gasteiger partial charge on any atom is 0.123 e. The molecular weight excluding hydrogens is 296 g/mol. The lowest BCUT2D eigenvalue weighted by molar-refractivity contribution is 0.303. The van der Waals surface area contributed by atoms with Crippen LogP contribution in [-0.2, 0) is 6.61 Å². The molecule has 1 aliphatic rings. The van der Waals surface area contributed by atoms with Crippen LogP contribution >= 0.6 is 11.6 Å². The molecule has 0 saturated heterocycles. The average molecular weight is 317 g/mol. The van der Waals surface area contributed by atoms with E-state index >= 15 is 0 Å². The lowest BCUT2D eigenvalue weighted by atomic mass is 10.1. The van der Waals surface area contributed by atoms with E-state index in [0.29, 0.717) is 17.5 Å². The van der Waals surface area contributed by atoms with E-state index in [4.69, 9.17) is 22.2 Å². The molecule has 0 unspecified atom stereocenters. The van der Waals surface area contributed by atoms with Gasteiger partial charge in [-0.2, -0.15) is 0 Å². The smallest absolute Gasteiger partial charge is 0.123 e. The lowest BCUT2D eigenvalue weighted by Gasteiger charge is -2.19. The molecule has 2 N–H and O–H groups in total. The number of hydrogen-bond donors (Lipinski definition) is 1. The number of anilines is 1. The topological polar surface area (TPSA) is 38.5 Å². The highest BCUT2D eigenvalue weighted by Gasteiger charge is 2.27.